The number of rotatable bonds is 4. The average molecular weight is 349 g/mol. The first-order valence-corrected chi connectivity index (χ1v) is 8.49. The fourth-order valence-corrected chi connectivity index (χ4v) is 4.22. The number of fused-ring (bicyclic) bond motifs is 1. The van der Waals surface area contributed by atoms with Crippen LogP contribution in [0.2, 0.25) is 0 Å². The molecular weight excluding hydrogens is 324 g/mol. The van der Waals surface area contributed by atoms with E-state index in [1.54, 1.807) is 0 Å². The van der Waals surface area contributed by atoms with Gasteiger partial charge in [-0.15, -0.1) is 22.6 Å². The number of aromatic nitrogens is 4. The minimum absolute atomic E-state index is 0. The Balaban J connectivity index is 0.00000169. The van der Waals surface area contributed by atoms with Crippen molar-refractivity contribution in [2.24, 2.45) is 24.8 Å². The first kappa shape index (κ1) is 17.2. The van der Waals surface area contributed by atoms with E-state index in [1.165, 1.54) is 25.9 Å². The van der Waals surface area contributed by atoms with Gasteiger partial charge in [-0.3, -0.25) is 4.68 Å². The summed E-state index contributed by atoms with van der Waals surface area (Å²) in [6, 6.07) is 4.04. The van der Waals surface area contributed by atoms with E-state index in [1.807, 2.05) is 37.0 Å². The van der Waals surface area contributed by atoms with Gasteiger partial charge in [0.25, 0.3) is 0 Å². The standard InChI is InChI=1S/C17H24N6.ClH/c1-11-7-20-23(2)17(11)15-5-6-16(22-21-15)19-9-13-4-3-12-8-18-10-14(12)13;/h5-7,12-14,18H,3-4,8-10H2,1-2H3,(H,19,22);1H. The number of nitrogens with one attached hydrogen (secondary N) is 2. The minimum atomic E-state index is 0. The van der Waals surface area contributed by atoms with Gasteiger partial charge in [0, 0.05) is 13.6 Å². The van der Waals surface area contributed by atoms with Crippen molar-refractivity contribution in [2.45, 2.75) is 19.8 Å². The van der Waals surface area contributed by atoms with Crippen LogP contribution in [0.25, 0.3) is 11.4 Å². The maximum atomic E-state index is 4.37. The van der Waals surface area contributed by atoms with Crippen molar-refractivity contribution in [1.82, 2.24) is 25.3 Å². The SMILES string of the molecule is Cc1cnn(C)c1-c1ccc(NCC2CCC3CNCC32)nn1.Cl. The van der Waals surface area contributed by atoms with Crippen molar-refractivity contribution in [1.29, 1.82) is 0 Å². The monoisotopic (exact) mass is 348 g/mol. The molecule has 6 nitrogen and oxygen atoms in total. The molecule has 1 saturated heterocycles. The molecule has 24 heavy (non-hydrogen) atoms. The molecule has 0 bridgehead atoms. The first-order chi connectivity index (χ1) is 11.2. The van der Waals surface area contributed by atoms with Gasteiger partial charge in [0.1, 0.15) is 11.5 Å². The summed E-state index contributed by atoms with van der Waals surface area (Å²) in [6.07, 6.45) is 4.56. The van der Waals surface area contributed by atoms with Gasteiger partial charge in [0.15, 0.2) is 0 Å². The summed E-state index contributed by atoms with van der Waals surface area (Å²) >= 11 is 0. The molecule has 4 rings (SSSR count). The lowest BCUT2D eigenvalue weighted by Gasteiger charge is -2.18. The Morgan fingerprint density at radius 2 is 2.12 bits per heavy atom. The molecule has 2 aliphatic rings. The van der Waals surface area contributed by atoms with Gasteiger partial charge >= 0.3 is 0 Å². The van der Waals surface area contributed by atoms with Gasteiger partial charge in [-0.25, -0.2) is 0 Å². The molecule has 3 atom stereocenters. The number of aryl methyl sites for hydroxylation is 2. The molecule has 0 radical (unpaired) electrons. The highest BCUT2D eigenvalue weighted by Gasteiger charge is 2.38. The fraction of sp³-hybridized carbons (Fsp3) is 0.588. The summed E-state index contributed by atoms with van der Waals surface area (Å²) in [5.41, 5.74) is 3.02. The van der Waals surface area contributed by atoms with Crippen molar-refractivity contribution < 1.29 is 0 Å². The summed E-state index contributed by atoms with van der Waals surface area (Å²) in [5, 5.41) is 20.0. The number of anilines is 1. The summed E-state index contributed by atoms with van der Waals surface area (Å²) in [6.45, 7) is 5.44. The Kier molecular flexibility index (Phi) is 5.06. The molecule has 1 saturated carbocycles. The number of halogens is 1. The average Bonchev–Trinajstić information content (AvgIpc) is 3.23. The molecule has 7 heteroatoms. The van der Waals surface area contributed by atoms with Crippen LogP contribution in [-0.2, 0) is 7.05 Å². The number of nitrogens with zero attached hydrogens (tertiary/aromatic N) is 4. The molecule has 3 unspecified atom stereocenters. The molecule has 1 aliphatic carbocycles. The van der Waals surface area contributed by atoms with Crippen LogP contribution in [0, 0.1) is 24.7 Å². The van der Waals surface area contributed by atoms with E-state index in [2.05, 4.69) is 25.9 Å². The highest BCUT2D eigenvalue weighted by Crippen LogP contribution is 2.39. The smallest absolute Gasteiger partial charge is 0.148 e. The minimum Gasteiger partial charge on any atom is -0.368 e. The van der Waals surface area contributed by atoms with Crippen LogP contribution in [0.15, 0.2) is 18.3 Å². The Morgan fingerprint density at radius 1 is 1.25 bits per heavy atom. The van der Waals surface area contributed by atoms with Crippen LogP contribution in [-0.4, -0.2) is 39.6 Å². The number of hydrogen-bond acceptors (Lipinski definition) is 5. The van der Waals surface area contributed by atoms with Crippen LogP contribution in [0.1, 0.15) is 18.4 Å². The normalized spacial score (nSPS) is 25.3. The summed E-state index contributed by atoms with van der Waals surface area (Å²) in [4.78, 5) is 0. The zero-order valence-electron chi connectivity index (χ0n) is 14.2. The molecule has 2 fully saturated rings. The lowest BCUT2D eigenvalue weighted by atomic mass is 9.92. The predicted molar refractivity (Wildman–Crippen MR) is 97.3 cm³/mol. The van der Waals surface area contributed by atoms with Crippen molar-refractivity contribution in [2.75, 3.05) is 25.0 Å². The van der Waals surface area contributed by atoms with Crippen molar-refractivity contribution in [3.63, 3.8) is 0 Å². The zero-order valence-corrected chi connectivity index (χ0v) is 15.0. The quantitative estimate of drug-likeness (QED) is 0.887. The Labute approximate surface area is 148 Å². The molecular formula is C17H25ClN6. The Morgan fingerprint density at radius 3 is 2.83 bits per heavy atom. The van der Waals surface area contributed by atoms with E-state index in [9.17, 15) is 0 Å². The maximum absolute atomic E-state index is 4.37. The van der Waals surface area contributed by atoms with E-state index < -0.39 is 0 Å². The summed E-state index contributed by atoms with van der Waals surface area (Å²) in [5.74, 6) is 3.36. The summed E-state index contributed by atoms with van der Waals surface area (Å²) in [7, 11) is 1.93. The van der Waals surface area contributed by atoms with Gasteiger partial charge in [-0.1, -0.05) is 0 Å². The zero-order chi connectivity index (χ0) is 15.8. The van der Waals surface area contributed by atoms with Gasteiger partial charge in [-0.05, 0) is 68.3 Å². The lowest BCUT2D eigenvalue weighted by molar-refractivity contribution is 0.391. The second kappa shape index (κ2) is 7.07. The van der Waals surface area contributed by atoms with E-state index in [4.69, 9.17) is 0 Å². The lowest BCUT2D eigenvalue weighted by Crippen LogP contribution is -2.23. The molecule has 3 heterocycles. The highest BCUT2D eigenvalue weighted by molar-refractivity contribution is 5.85. The molecule has 2 aromatic rings. The van der Waals surface area contributed by atoms with Crippen molar-refractivity contribution in [3.05, 3.63) is 23.9 Å². The maximum Gasteiger partial charge on any atom is 0.148 e. The predicted octanol–water partition coefficient (Wildman–Crippen LogP) is 2.26. The van der Waals surface area contributed by atoms with Crippen LogP contribution in [0.4, 0.5) is 5.82 Å². The second-order valence-electron chi connectivity index (χ2n) is 6.90. The van der Waals surface area contributed by atoms with Gasteiger partial charge in [0.2, 0.25) is 0 Å². The Hall–Kier alpha value is -1.66. The molecule has 0 spiro atoms. The van der Waals surface area contributed by atoms with Gasteiger partial charge < -0.3 is 10.6 Å². The van der Waals surface area contributed by atoms with Crippen LogP contribution in [0.5, 0.6) is 0 Å². The van der Waals surface area contributed by atoms with Gasteiger partial charge in [0.05, 0.1) is 11.9 Å². The summed E-state index contributed by atoms with van der Waals surface area (Å²) < 4.78 is 1.85. The Bertz CT molecular complexity index is 663. The number of hydrogen-bond donors (Lipinski definition) is 2. The second-order valence-corrected chi connectivity index (χ2v) is 6.90. The van der Waals surface area contributed by atoms with E-state index in [-0.39, 0.29) is 12.4 Å². The molecule has 130 valence electrons. The third kappa shape index (κ3) is 3.13. The molecule has 0 aromatic carbocycles. The van der Waals surface area contributed by atoms with Crippen molar-refractivity contribution >= 4 is 18.2 Å². The molecule has 1 aliphatic heterocycles. The molecule has 0 amide bonds. The third-order valence-electron chi connectivity index (χ3n) is 5.48. The van der Waals surface area contributed by atoms with Crippen molar-refractivity contribution in [3.8, 4) is 11.4 Å². The topological polar surface area (TPSA) is 67.7 Å². The van der Waals surface area contributed by atoms with E-state index in [0.717, 1.165) is 47.1 Å². The molecule has 2 aromatic heterocycles. The third-order valence-corrected chi connectivity index (χ3v) is 5.48. The highest BCUT2D eigenvalue weighted by atomic mass is 35.5. The van der Waals surface area contributed by atoms with E-state index >= 15 is 0 Å². The van der Waals surface area contributed by atoms with Crippen LogP contribution in [0.3, 0.4) is 0 Å². The largest absolute Gasteiger partial charge is 0.368 e. The first-order valence-electron chi connectivity index (χ1n) is 8.49. The fourth-order valence-electron chi connectivity index (χ4n) is 4.22. The van der Waals surface area contributed by atoms with Crippen LogP contribution < -0.4 is 10.6 Å². The van der Waals surface area contributed by atoms with Gasteiger partial charge in [-0.2, -0.15) is 5.10 Å². The van der Waals surface area contributed by atoms with Crippen LogP contribution >= 0.6 is 12.4 Å². The van der Waals surface area contributed by atoms with E-state index in [0.29, 0.717) is 0 Å². The molecule has 2 N–H and O–H groups in total.